The Hall–Kier alpha value is -2.30. The molecule has 0 aliphatic carbocycles. The number of nitrogens with zero attached hydrogens (tertiary/aromatic N) is 2. The minimum atomic E-state index is -0.243. The molecule has 1 atom stereocenters. The minimum Gasteiger partial charge on any atom is -0.481 e. The molecule has 0 bridgehead atoms. The molecule has 2 aromatic rings. The van der Waals surface area contributed by atoms with Crippen LogP contribution in [0.25, 0.3) is 0 Å². The molecular formula is C15H19N3O2. The molecule has 0 saturated carbocycles. The lowest BCUT2D eigenvalue weighted by atomic mass is 10.0. The first-order valence-electron chi connectivity index (χ1n) is 6.55. The molecule has 5 nitrogen and oxygen atoms in total. The number of carbonyl (C=O) groups is 1. The van der Waals surface area contributed by atoms with E-state index in [9.17, 15) is 4.79 Å². The Labute approximate surface area is 118 Å². The summed E-state index contributed by atoms with van der Waals surface area (Å²) in [6.45, 7) is 4.05. The molecule has 0 spiro atoms. The molecule has 0 aliphatic heterocycles. The van der Waals surface area contributed by atoms with Gasteiger partial charge in [0.1, 0.15) is 6.04 Å². The van der Waals surface area contributed by atoms with E-state index in [-0.39, 0.29) is 17.9 Å². The molecule has 1 unspecified atom stereocenters. The average Bonchev–Trinajstić information content (AvgIpc) is 2.93. The van der Waals surface area contributed by atoms with Crippen LogP contribution in [0.15, 0.2) is 42.9 Å². The van der Waals surface area contributed by atoms with E-state index in [4.69, 9.17) is 4.74 Å². The molecular weight excluding hydrogens is 254 g/mol. The van der Waals surface area contributed by atoms with Crippen LogP contribution in [0.2, 0.25) is 0 Å². The normalized spacial score (nSPS) is 12.2. The molecule has 0 radical (unpaired) electrons. The van der Waals surface area contributed by atoms with Crippen molar-refractivity contribution in [3.63, 3.8) is 0 Å². The second-order valence-electron chi connectivity index (χ2n) is 4.90. The molecule has 0 saturated heterocycles. The summed E-state index contributed by atoms with van der Waals surface area (Å²) in [4.78, 5) is 16.5. The SMILES string of the molecule is COc1ccc(NC(=O)C(C(C)C)n2cccc2)cn1. The number of hydrogen-bond acceptors (Lipinski definition) is 3. The van der Waals surface area contributed by atoms with Crippen molar-refractivity contribution < 1.29 is 9.53 Å². The molecule has 0 fully saturated rings. The van der Waals surface area contributed by atoms with Crippen LogP contribution >= 0.6 is 0 Å². The molecule has 0 aliphatic rings. The molecule has 2 rings (SSSR count). The standard InChI is InChI=1S/C15H19N3O2/c1-11(2)14(18-8-4-5-9-18)15(19)17-12-6-7-13(20-3)16-10-12/h4-11,14H,1-3H3,(H,17,19). The van der Waals surface area contributed by atoms with Gasteiger partial charge in [0, 0.05) is 18.5 Å². The van der Waals surface area contributed by atoms with E-state index >= 15 is 0 Å². The fraction of sp³-hybridized carbons (Fsp3) is 0.333. The summed E-state index contributed by atoms with van der Waals surface area (Å²) in [7, 11) is 1.56. The van der Waals surface area contributed by atoms with Crippen molar-refractivity contribution in [2.24, 2.45) is 5.92 Å². The van der Waals surface area contributed by atoms with E-state index in [1.807, 2.05) is 42.9 Å². The Balaban J connectivity index is 2.12. The predicted octanol–water partition coefficient (Wildman–Crippen LogP) is 2.73. The predicted molar refractivity (Wildman–Crippen MR) is 77.7 cm³/mol. The lowest BCUT2D eigenvalue weighted by Gasteiger charge is -2.22. The summed E-state index contributed by atoms with van der Waals surface area (Å²) in [6, 6.07) is 7.08. The summed E-state index contributed by atoms with van der Waals surface area (Å²) in [5.41, 5.74) is 0.661. The van der Waals surface area contributed by atoms with Crippen LogP contribution < -0.4 is 10.1 Å². The number of pyridine rings is 1. The first kappa shape index (κ1) is 14.1. The van der Waals surface area contributed by atoms with Gasteiger partial charge in [0.25, 0.3) is 0 Å². The van der Waals surface area contributed by atoms with Gasteiger partial charge in [-0.05, 0) is 24.1 Å². The highest BCUT2D eigenvalue weighted by Gasteiger charge is 2.23. The number of aromatic nitrogens is 2. The van der Waals surface area contributed by atoms with Gasteiger partial charge in [-0.1, -0.05) is 13.8 Å². The van der Waals surface area contributed by atoms with Crippen LogP contribution in [-0.4, -0.2) is 22.6 Å². The highest BCUT2D eigenvalue weighted by Crippen LogP contribution is 2.20. The lowest BCUT2D eigenvalue weighted by Crippen LogP contribution is -2.29. The van der Waals surface area contributed by atoms with Gasteiger partial charge in [-0.15, -0.1) is 0 Å². The van der Waals surface area contributed by atoms with Crippen molar-refractivity contribution in [2.75, 3.05) is 12.4 Å². The zero-order valence-corrected chi connectivity index (χ0v) is 11.9. The number of ether oxygens (including phenoxy) is 1. The Kier molecular flexibility index (Phi) is 4.40. The van der Waals surface area contributed by atoms with Crippen LogP contribution in [0.4, 0.5) is 5.69 Å². The fourth-order valence-electron chi connectivity index (χ4n) is 2.11. The van der Waals surface area contributed by atoms with Crippen LogP contribution in [-0.2, 0) is 4.79 Å². The molecule has 2 aromatic heterocycles. The fourth-order valence-corrected chi connectivity index (χ4v) is 2.11. The van der Waals surface area contributed by atoms with Crippen molar-refractivity contribution in [1.29, 1.82) is 0 Å². The van der Waals surface area contributed by atoms with E-state index < -0.39 is 0 Å². The van der Waals surface area contributed by atoms with Gasteiger partial charge < -0.3 is 14.6 Å². The lowest BCUT2D eigenvalue weighted by molar-refractivity contribution is -0.120. The zero-order valence-electron chi connectivity index (χ0n) is 11.9. The summed E-state index contributed by atoms with van der Waals surface area (Å²) < 4.78 is 6.90. The third-order valence-electron chi connectivity index (χ3n) is 3.06. The van der Waals surface area contributed by atoms with Gasteiger partial charge in [0.15, 0.2) is 0 Å². The summed E-state index contributed by atoms with van der Waals surface area (Å²) >= 11 is 0. The highest BCUT2D eigenvalue weighted by atomic mass is 16.5. The number of carbonyl (C=O) groups excluding carboxylic acids is 1. The van der Waals surface area contributed by atoms with E-state index in [2.05, 4.69) is 10.3 Å². The van der Waals surface area contributed by atoms with Crippen LogP contribution in [0.5, 0.6) is 5.88 Å². The van der Waals surface area contributed by atoms with Crippen molar-refractivity contribution in [3.8, 4) is 5.88 Å². The topological polar surface area (TPSA) is 56.1 Å². The smallest absolute Gasteiger partial charge is 0.247 e. The molecule has 20 heavy (non-hydrogen) atoms. The zero-order chi connectivity index (χ0) is 14.5. The maximum absolute atomic E-state index is 12.4. The van der Waals surface area contributed by atoms with Gasteiger partial charge >= 0.3 is 0 Å². The van der Waals surface area contributed by atoms with Gasteiger partial charge in [-0.25, -0.2) is 4.98 Å². The maximum atomic E-state index is 12.4. The van der Waals surface area contributed by atoms with Crippen molar-refractivity contribution in [1.82, 2.24) is 9.55 Å². The second-order valence-corrected chi connectivity index (χ2v) is 4.90. The molecule has 5 heteroatoms. The Bertz CT molecular complexity index is 547. The van der Waals surface area contributed by atoms with Gasteiger partial charge in [0.2, 0.25) is 11.8 Å². The van der Waals surface area contributed by atoms with Crippen molar-refractivity contribution in [3.05, 3.63) is 42.9 Å². The average molecular weight is 273 g/mol. The van der Waals surface area contributed by atoms with Crippen LogP contribution in [0, 0.1) is 5.92 Å². The largest absolute Gasteiger partial charge is 0.481 e. The summed E-state index contributed by atoms with van der Waals surface area (Å²) in [6.07, 6.45) is 5.39. The van der Waals surface area contributed by atoms with E-state index in [1.54, 1.807) is 25.4 Å². The van der Waals surface area contributed by atoms with Crippen LogP contribution in [0.1, 0.15) is 19.9 Å². The molecule has 106 valence electrons. The van der Waals surface area contributed by atoms with Crippen molar-refractivity contribution in [2.45, 2.75) is 19.9 Å². The molecule has 2 heterocycles. The number of anilines is 1. The van der Waals surface area contributed by atoms with E-state index in [1.165, 1.54) is 0 Å². The first-order chi connectivity index (χ1) is 9.61. The quantitative estimate of drug-likeness (QED) is 0.911. The van der Waals surface area contributed by atoms with Gasteiger partial charge in [-0.2, -0.15) is 0 Å². The third kappa shape index (κ3) is 3.17. The Morgan fingerprint density at radius 1 is 1.30 bits per heavy atom. The van der Waals surface area contributed by atoms with E-state index in [0.29, 0.717) is 11.6 Å². The minimum absolute atomic E-state index is 0.0526. The highest BCUT2D eigenvalue weighted by molar-refractivity contribution is 5.93. The Morgan fingerprint density at radius 2 is 2.00 bits per heavy atom. The molecule has 1 N–H and O–H groups in total. The molecule has 1 amide bonds. The van der Waals surface area contributed by atoms with Gasteiger partial charge in [0.05, 0.1) is 19.0 Å². The Morgan fingerprint density at radius 3 is 2.50 bits per heavy atom. The third-order valence-corrected chi connectivity index (χ3v) is 3.06. The van der Waals surface area contributed by atoms with Gasteiger partial charge in [-0.3, -0.25) is 4.79 Å². The summed E-state index contributed by atoms with van der Waals surface area (Å²) in [5, 5.41) is 2.89. The number of nitrogens with one attached hydrogen (secondary N) is 1. The summed E-state index contributed by atoms with van der Waals surface area (Å²) in [5.74, 6) is 0.658. The second kappa shape index (κ2) is 6.23. The maximum Gasteiger partial charge on any atom is 0.247 e. The number of rotatable bonds is 5. The van der Waals surface area contributed by atoms with Crippen molar-refractivity contribution >= 4 is 11.6 Å². The number of amides is 1. The number of hydrogen-bond donors (Lipinski definition) is 1. The molecule has 0 aromatic carbocycles. The monoisotopic (exact) mass is 273 g/mol. The van der Waals surface area contributed by atoms with Crippen LogP contribution in [0.3, 0.4) is 0 Å². The first-order valence-corrected chi connectivity index (χ1v) is 6.55. The van der Waals surface area contributed by atoms with E-state index in [0.717, 1.165) is 0 Å². The number of methoxy groups -OCH3 is 1.